The number of aryl methyl sites for hydroxylation is 1. The number of halogens is 1. The van der Waals surface area contributed by atoms with E-state index in [0.29, 0.717) is 0 Å². The largest absolute Gasteiger partial charge is 0.366 e. The SMILES string of the molecule is CCN(C)C=NC1=C(C)CCC=C(CCc2ccc(Cc3ccccc3)cc2)C(Br)=C1. The van der Waals surface area contributed by atoms with Gasteiger partial charge in [0.15, 0.2) is 0 Å². The smallest absolute Gasteiger partial charge is 0.0909 e. The first-order valence-electron chi connectivity index (χ1n) is 11.2. The Morgan fingerprint density at radius 2 is 1.65 bits per heavy atom. The summed E-state index contributed by atoms with van der Waals surface area (Å²) >= 11 is 3.82. The molecular weight excluding hydrogens is 444 g/mol. The van der Waals surface area contributed by atoms with Crippen molar-refractivity contribution in [1.29, 1.82) is 0 Å². The van der Waals surface area contributed by atoms with E-state index in [0.717, 1.165) is 48.8 Å². The maximum atomic E-state index is 4.73. The molecule has 2 aromatic rings. The number of aliphatic imine (C=N–C) groups is 1. The number of hydrogen-bond donors (Lipinski definition) is 0. The number of hydrogen-bond acceptors (Lipinski definition) is 1. The van der Waals surface area contributed by atoms with Crippen molar-refractivity contribution < 1.29 is 0 Å². The molecule has 0 atom stereocenters. The van der Waals surface area contributed by atoms with E-state index >= 15 is 0 Å². The fourth-order valence-electron chi connectivity index (χ4n) is 3.57. The zero-order valence-corrected chi connectivity index (χ0v) is 20.5. The third-order valence-corrected chi connectivity index (χ3v) is 6.51. The van der Waals surface area contributed by atoms with Crippen molar-refractivity contribution in [2.45, 2.75) is 46.0 Å². The summed E-state index contributed by atoms with van der Waals surface area (Å²) in [5.74, 6) is 0. The Morgan fingerprint density at radius 1 is 0.968 bits per heavy atom. The Kier molecular flexibility index (Phi) is 8.90. The molecule has 0 heterocycles. The van der Waals surface area contributed by atoms with E-state index in [4.69, 9.17) is 4.99 Å². The van der Waals surface area contributed by atoms with Crippen molar-refractivity contribution in [3.63, 3.8) is 0 Å². The van der Waals surface area contributed by atoms with Gasteiger partial charge in [-0.05, 0) is 79.9 Å². The van der Waals surface area contributed by atoms with Gasteiger partial charge in [0, 0.05) is 18.1 Å². The minimum Gasteiger partial charge on any atom is -0.366 e. The molecule has 0 aliphatic heterocycles. The van der Waals surface area contributed by atoms with Crippen molar-refractivity contribution >= 4 is 22.3 Å². The molecule has 0 bridgehead atoms. The van der Waals surface area contributed by atoms with Gasteiger partial charge in [-0.1, -0.05) is 76.6 Å². The van der Waals surface area contributed by atoms with Gasteiger partial charge in [0.1, 0.15) is 0 Å². The van der Waals surface area contributed by atoms with Gasteiger partial charge in [0.05, 0.1) is 12.0 Å². The van der Waals surface area contributed by atoms with E-state index in [1.165, 1.54) is 27.8 Å². The first-order valence-corrected chi connectivity index (χ1v) is 12.0. The van der Waals surface area contributed by atoms with Crippen LogP contribution < -0.4 is 0 Å². The Labute approximate surface area is 196 Å². The zero-order valence-electron chi connectivity index (χ0n) is 18.9. The standard InChI is InChI=1S/C28H33BrN2/c1-4-31(3)21-30-28-20-27(29)26(12-8-9-22(28)2)18-17-23-13-15-25(16-14-23)19-24-10-6-5-7-11-24/h5-7,10-16,20-21H,4,8-9,17-19H2,1-3H3. The third kappa shape index (κ3) is 7.36. The molecule has 0 N–H and O–H groups in total. The number of nitrogens with zero attached hydrogens (tertiary/aromatic N) is 2. The van der Waals surface area contributed by atoms with Gasteiger partial charge >= 0.3 is 0 Å². The van der Waals surface area contributed by atoms with Crippen molar-refractivity contribution in [3.8, 4) is 0 Å². The molecule has 3 rings (SSSR count). The highest BCUT2D eigenvalue weighted by Crippen LogP contribution is 2.29. The van der Waals surface area contributed by atoms with E-state index in [1.807, 2.05) is 6.34 Å². The van der Waals surface area contributed by atoms with Crippen LogP contribution in [0.4, 0.5) is 0 Å². The molecule has 0 spiro atoms. The molecule has 1 aliphatic carbocycles. The topological polar surface area (TPSA) is 15.6 Å². The molecule has 0 aromatic heterocycles. The van der Waals surface area contributed by atoms with Crippen molar-refractivity contribution in [2.75, 3.05) is 13.6 Å². The van der Waals surface area contributed by atoms with Crippen LogP contribution in [-0.4, -0.2) is 24.8 Å². The highest BCUT2D eigenvalue weighted by atomic mass is 79.9. The molecule has 0 radical (unpaired) electrons. The average Bonchev–Trinajstić information content (AvgIpc) is 2.79. The lowest BCUT2D eigenvalue weighted by Crippen LogP contribution is -2.14. The molecule has 0 saturated heterocycles. The molecule has 0 saturated carbocycles. The van der Waals surface area contributed by atoms with Gasteiger partial charge in [-0.2, -0.15) is 0 Å². The summed E-state index contributed by atoms with van der Waals surface area (Å²) < 4.78 is 1.15. The van der Waals surface area contributed by atoms with Gasteiger partial charge in [-0.25, -0.2) is 4.99 Å². The number of allylic oxidation sites excluding steroid dienone is 5. The Hall–Kier alpha value is -2.39. The van der Waals surface area contributed by atoms with Crippen LogP contribution in [0, 0.1) is 0 Å². The molecule has 31 heavy (non-hydrogen) atoms. The first-order chi connectivity index (χ1) is 15.0. The molecular formula is C28H33BrN2. The number of rotatable bonds is 8. The summed E-state index contributed by atoms with van der Waals surface area (Å²) in [4.78, 5) is 6.83. The lowest BCUT2D eigenvalue weighted by Gasteiger charge is -2.14. The number of benzene rings is 2. The first kappa shape index (κ1) is 23.3. The van der Waals surface area contributed by atoms with Crippen molar-refractivity contribution in [2.24, 2.45) is 4.99 Å². The molecule has 162 valence electrons. The molecule has 0 fully saturated rings. The van der Waals surface area contributed by atoms with Gasteiger partial charge in [-0.15, -0.1) is 0 Å². The van der Waals surface area contributed by atoms with Gasteiger partial charge in [0.2, 0.25) is 0 Å². The van der Waals surface area contributed by atoms with E-state index < -0.39 is 0 Å². The second-order valence-electron chi connectivity index (χ2n) is 8.22. The normalized spacial score (nSPS) is 14.8. The van der Waals surface area contributed by atoms with Gasteiger partial charge in [0.25, 0.3) is 0 Å². The Morgan fingerprint density at radius 3 is 2.35 bits per heavy atom. The Bertz CT molecular complexity index is 966. The Balaban J connectivity index is 1.63. The monoisotopic (exact) mass is 476 g/mol. The summed E-state index contributed by atoms with van der Waals surface area (Å²) in [5.41, 5.74) is 7.88. The molecule has 3 heteroatoms. The lowest BCUT2D eigenvalue weighted by atomic mass is 9.97. The fourth-order valence-corrected chi connectivity index (χ4v) is 4.15. The van der Waals surface area contributed by atoms with Crippen LogP contribution in [0.15, 0.2) is 93.1 Å². The van der Waals surface area contributed by atoms with Gasteiger partial charge in [-0.3, -0.25) is 0 Å². The molecule has 1 aliphatic rings. The van der Waals surface area contributed by atoms with Crippen LogP contribution in [-0.2, 0) is 12.8 Å². The molecule has 0 unspecified atom stereocenters. The maximum absolute atomic E-state index is 4.73. The fraction of sp³-hybridized carbons (Fsp3) is 0.321. The lowest BCUT2D eigenvalue weighted by molar-refractivity contribution is 0.551. The van der Waals surface area contributed by atoms with Crippen LogP contribution in [0.25, 0.3) is 0 Å². The zero-order chi connectivity index (χ0) is 22.1. The molecule has 0 amide bonds. The minimum absolute atomic E-state index is 0.954. The highest BCUT2D eigenvalue weighted by Gasteiger charge is 2.09. The summed E-state index contributed by atoms with van der Waals surface area (Å²) in [6.45, 7) is 5.27. The van der Waals surface area contributed by atoms with Crippen LogP contribution >= 0.6 is 15.9 Å². The van der Waals surface area contributed by atoms with Crippen molar-refractivity contribution in [1.82, 2.24) is 4.90 Å². The second kappa shape index (κ2) is 11.9. The van der Waals surface area contributed by atoms with Crippen molar-refractivity contribution in [3.05, 3.63) is 105 Å². The molecule has 2 nitrogen and oxygen atoms in total. The van der Waals surface area contributed by atoms with Crippen LogP contribution in [0.1, 0.15) is 49.8 Å². The predicted octanol–water partition coefficient (Wildman–Crippen LogP) is 7.46. The second-order valence-corrected chi connectivity index (χ2v) is 9.08. The van der Waals surface area contributed by atoms with E-state index in [2.05, 4.69) is 108 Å². The van der Waals surface area contributed by atoms with Crippen LogP contribution in [0.5, 0.6) is 0 Å². The highest BCUT2D eigenvalue weighted by molar-refractivity contribution is 9.12. The summed E-state index contributed by atoms with van der Waals surface area (Å²) in [7, 11) is 2.05. The summed E-state index contributed by atoms with van der Waals surface area (Å²) in [5, 5.41) is 0. The van der Waals surface area contributed by atoms with E-state index in [9.17, 15) is 0 Å². The molecule has 2 aromatic carbocycles. The van der Waals surface area contributed by atoms with Gasteiger partial charge < -0.3 is 4.90 Å². The van der Waals surface area contributed by atoms with E-state index in [-0.39, 0.29) is 0 Å². The maximum Gasteiger partial charge on any atom is 0.0909 e. The predicted molar refractivity (Wildman–Crippen MR) is 138 cm³/mol. The van der Waals surface area contributed by atoms with Crippen LogP contribution in [0.2, 0.25) is 0 Å². The summed E-state index contributed by atoms with van der Waals surface area (Å²) in [6.07, 6.45) is 11.7. The minimum atomic E-state index is 0.954. The van der Waals surface area contributed by atoms with Crippen LogP contribution in [0.3, 0.4) is 0 Å². The third-order valence-electron chi connectivity index (χ3n) is 5.77. The van der Waals surface area contributed by atoms with E-state index in [1.54, 1.807) is 0 Å². The quantitative estimate of drug-likeness (QED) is 0.285. The average molecular weight is 477 g/mol. The summed E-state index contributed by atoms with van der Waals surface area (Å²) in [6, 6.07) is 19.7.